The summed E-state index contributed by atoms with van der Waals surface area (Å²) in [4.78, 5) is 36.8. The van der Waals surface area contributed by atoms with Crippen molar-refractivity contribution in [1.82, 2.24) is 10.2 Å². The Morgan fingerprint density at radius 3 is 2.96 bits per heavy atom. The SMILES string of the molecule is Cc1oc(CNC(=O)[C@@H]2CS[C@@]3(C)CCC(=O)N23)cc1C(=O)O. The van der Waals surface area contributed by atoms with Crippen molar-refractivity contribution < 1.29 is 23.9 Å². The molecule has 1 aromatic rings. The van der Waals surface area contributed by atoms with Crippen molar-refractivity contribution >= 4 is 29.5 Å². The number of carbonyl (C=O) groups excluding carboxylic acids is 2. The molecule has 2 amide bonds. The van der Waals surface area contributed by atoms with E-state index in [1.807, 2.05) is 6.92 Å². The van der Waals surface area contributed by atoms with E-state index in [0.717, 1.165) is 6.42 Å². The largest absolute Gasteiger partial charge is 0.478 e. The lowest BCUT2D eigenvalue weighted by molar-refractivity contribution is -0.138. The zero-order valence-corrected chi connectivity index (χ0v) is 13.7. The molecule has 3 rings (SSSR count). The van der Waals surface area contributed by atoms with Crippen LogP contribution in [-0.2, 0) is 16.1 Å². The number of amides is 2. The third kappa shape index (κ3) is 2.71. The molecule has 0 aromatic carbocycles. The maximum absolute atomic E-state index is 12.4. The van der Waals surface area contributed by atoms with Crippen LogP contribution < -0.4 is 5.32 Å². The summed E-state index contributed by atoms with van der Waals surface area (Å²) in [5, 5.41) is 11.7. The number of fused-ring (bicyclic) bond motifs is 1. The van der Waals surface area contributed by atoms with Crippen molar-refractivity contribution in [3.05, 3.63) is 23.2 Å². The van der Waals surface area contributed by atoms with Crippen LogP contribution in [0.4, 0.5) is 0 Å². The van der Waals surface area contributed by atoms with Gasteiger partial charge in [-0.3, -0.25) is 9.59 Å². The molecule has 0 radical (unpaired) electrons. The Morgan fingerprint density at radius 1 is 1.57 bits per heavy atom. The molecule has 3 heterocycles. The monoisotopic (exact) mass is 338 g/mol. The van der Waals surface area contributed by atoms with Crippen LogP contribution in [0.3, 0.4) is 0 Å². The van der Waals surface area contributed by atoms with Crippen LogP contribution in [-0.4, -0.2) is 44.5 Å². The van der Waals surface area contributed by atoms with Crippen molar-refractivity contribution in [2.24, 2.45) is 0 Å². The highest BCUT2D eigenvalue weighted by molar-refractivity contribution is 8.01. The molecule has 0 bridgehead atoms. The van der Waals surface area contributed by atoms with Gasteiger partial charge in [0, 0.05) is 12.2 Å². The van der Waals surface area contributed by atoms with Crippen molar-refractivity contribution in [2.75, 3.05) is 5.75 Å². The molecule has 2 fully saturated rings. The molecule has 0 unspecified atom stereocenters. The molecule has 2 N–H and O–H groups in total. The Kier molecular flexibility index (Phi) is 3.87. The topological polar surface area (TPSA) is 99.9 Å². The highest BCUT2D eigenvalue weighted by atomic mass is 32.2. The lowest BCUT2D eigenvalue weighted by atomic mass is 10.2. The maximum atomic E-state index is 12.4. The molecule has 2 atom stereocenters. The number of carboxylic acid groups (broad SMARTS) is 1. The van der Waals surface area contributed by atoms with Crippen molar-refractivity contribution in [3.8, 4) is 0 Å². The van der Waals surface area contributed by atoms with Gasteiger partial charge < -0.3 is 19.7 Å². The average molecular weight is 338 g/mol. The molecular formula is C15H18N2O5S. The molecule has 2 aliphatic heterocycles. The summed E-state index contributed by atoms with van der Waals surface area (Å²) in [5.41, 5.74) is 0.0907. The van der Waals surface area contributed by atoms with Gasteiger partial charge in [0.15, 0.2) is 0 Å². The Bertz CT molecular complexity index is 685. The summed E-state index contributed by atoms with van der Waals surface area (Å²) in [5.74, 6) is -0.0163. The van der Waals surface area contributed by atoms with Gasteiger partial charge in [-0.1, -0.05) is 0 Å². The minimum absolute atomic E-state index is 0.0136. The smallest absolute Gasteiger partial charge is 0.339 e. The summed E-state index contributed by atoms with van der Waals surface area (Å²) in [6.07, 6.45) is 1.24. The summed E-state index contributed by atoms with van der Waals surface area (Å²) >= 11 is 1.63. The molecular weight excluding hydrogens is 320 g/mol. The van der Waals surface area contributed by atoms with Gasteiger partial charge in [0.05, 0.1) is 11.4 Å². The van der Waals surface area contributed by atoms with Crippen LogP contribution in [0.2, 0.25) is 0 Å². The van der Waals surface area contributed by atoms with Crippen LogP contribution in [0.5, 0.6) is 0 Å². The molecule has 0 spiro atoms. The predicted molar refractivity (Wildman–Crippen MR) is 83.0 cm³/mol. The van der Waals surface area contributed by atoms with Crippen LogP contribution in [0.1, 0.15) is 41.6 Å². The first-order valence-corrected chi connectivity index (χ1v) is 8.37. The fourth-order valence-electron chi connectivity index (χ4n) is 3.15. The van der Waals surface area contributed by atoms with Crippen molar-refractivity contribution in [2.45, 2.75) is 44.1 Å². The molecule has 0 saturated carbocycles. The number of furan rings is 1. The first kappa shape index (κ1) is 15.9. The summed E-state index contributed by atoms with van der Waals surface area (Å²) in [6, 6.07) is 0.932. The maximum Gasteiger partial charge on any atom is 0.339 e. The molecule has 7 nitrogen and oxygen atoms in total. The number of thioether (sulfide) groups is 1. The van der Waals surface area contributed by atoms with E-state index in [9.17, 15) is 14.4 Å². The van der Waals surface area contributed by atoms with E-state index in [1.165, 1.54) is 6.07 Å². The number of rotatable bonds is 4. The fourth-order valence-corrected chi connectivity index (χ4v) is 4.58. The van der Waals surface area contributed by atoms with Crippen molar-refractivity contribution in [3.63, 3.8) is 0 Å². The highest BCUT2D eigenvalue weighted by Gasteiger charge is 2.52. The summed E-state index contributed by atoms with van der Waals surface area (Å²) < 4.78 is 5.34. The molecule has 0 aliphatic carbocycles. The van der Waals surface area contributed by atoms with E-state index >= 15 is 0 Å². The Labute approximate surface area is 137 Å². The number of carboxylic acids is 1. The number of nitrogens with one attached hydrogen (secondary N) is 1. The van der Waals surface area contributed by atoms with Crippen LogP contribution in [0.25, 0.3) is 0 Å². The quantitative estimate of drug-likeness (QED) is 0.860. The molecule has 2 aliphatic rings. The number of aryl methyl sites for hydroxylation is 1. The third-order valence-electron chi connectivity index (χ3n) is 4.38. The van der Waals surface area contributed by atoms with Gasteiger partial charge in [-0.05, 0) is 26.3 Å². The molecule has 23 heavy (non-hydrogen) atoms. The number of nitrogens with zero attached hydrogens (tertiary/aromatic N) is 1. The first-order chi connectivity index (χ1) is 10.8. The minimum atomic E-state index is -1.06. The van der Waals surface area contributed by atoms with Gasteiger partial charge in [0.25, 0.3) is 0 Å². The van der Waals surface area contributed by atoms with Crippen LogP contribution in [0, 0.1) is 6.92 Å². The zero-order valence-electron chi connectivity index (χ0n) is 12.9. The number of aromatic carboxylic acids is 1. The average Bonchev–Trinajstić information content (AvgIpc) is 3.11. The standard InChI is InChI=1S/C15H18N2O5S/c1-8-10(14(20)21)5-9(22-8)6-16-13(19)11-7-23-15(2)4-3-12(18)17(11)15/h5,11H,3-4,6-7H2,1-2H3,(H,16,19)(H,20,21)/t11-,15-/m0/s1. The number of carbonyl (C=O) groups is 3. The van der Waals surface area contributed by atoms with Gasteiger partial charge in [-0.15, -0.1) is 11.8 Å². The summed E-state index contributed by atoms with van der Waals surface area (Å²) in [6.45, 7) is 3.66. The zero-order chi connectivity index (χ0) is 16.8. The van der Waals surface area contributed by atoms with E-state index < -0.39 is 12.0 Å². The molecule has 2 saturated heterocycles. The summed E-state index contributed by atoms with van der Waals surface area (Å²) in [7, 11) is 0. The normalized spacial score (nSPS) is 26.4. The Morgan fingerprint density at radius 2 is 2.30 bits per heavy atom. The fraction of sp³-hybridized carbons (Fsp3) is 0.533. The lowest BCUT2D eigenvalue weighted by Gasteiger charge is -2.29. The second-order valence-electron chi connectivity index (χ2n) is 5.97. The first-order valence-electron chi connectivity index (χ1n) is 7.38. The van der Waals surface area contributed by atoms with Gasteiger partial charge in [0.1, 0.15) is 23.1 Å². The van der Waals surface area contributed by atoms with Gasteiger partial charge in [0.2, 0.25) is 11.8 Å². The van der Waals surface area contributed by atoms with E-state index in [0.29, 0.717) is 23.7 Å². The van der Waals surface area contributed by atoms with Gasteiger partial charge in [-0.2, -0.15) is 0 Å². The lowest BCUT2D eigenvalue weighted by Crippen LogP contribution is -2.49. The molecule has 8 heteroatoms. The van der Waals surface area contributed by atoms with Crippen LogP contribution in [0.15, 0.2) is 10.5 Å². The second kappa shape index (κ2) is 5.59. The second-order valence-corrected chi connectivity index (χ2v) is 7.47. The van der Waals surface area contributed by atoms with E-state index in [1.54, 1.807) is 23.6 Å². The van der Waals surface area contributed by atoms with E-state index in [-0.39, 0.29) is 28.8 Å². The van der Waals surface area contributed by atoms with E-state index in [4.69, 9.17) is 9.52 Å². The minimum Gasteiger partial charge on any atom is -0.478 e. The van der Waals surface area contributed by atoms with Gasteiger partial charge >= 0.3 is 5.97 Å². The molecule has 1 aromatic heterocycles. The van der Waals surface area contributed by atoms with Gasteiger partial charge in [-0.25, -0.2) is 4.79 Å². The van der Waals surface area contributed by atoms with Crippen LogP contribution >= 0.6 is 11.8 Å². The van der Waals surface area contributed by atoms with Crippen molar-refractivity contribution in [1.29, 1.82) is 0 Å². The molecule has 124 valence electrons. The predicted octanol–water partition coefficient (Wildman–Crippen LogP) is 1.36. The highest BCUT2D eigenvalue weighted by Crippen LogP contribution is 2.47. The number of hydrogen-bond acceptors (Lipinski definition) is 5. The Hall–Kier alpha value is -1.96. The number of hydrogen-bond donors (Lipinski definition) is 2. The Balaban J connectivity index is 1.65. The van der Waals surface area contributed by atoms with E-state index in [2.05, 4.69) is 5.32 Å². The third-order valence-corrected chi connectivity index (χ3v) is 5.89.